The van der Waals surface area contributed by atoms with E-state index in [0.29, 0.717) is 52.4 Å². The van der Waals surface area contributed by atoms with Gasteiger partial charge in [0.05, 0.1) is 15.7 Å². The Morgan fingerprint density at radius 1 is 1.34 bits per heavy atom. The predicted molar refractivity (Wildman–Crippen MR) is 122 cm³/mol. The summed E-state index contributed by atoms with van der Waals surface area (Å²) < 4.78 is 33.1. The summed E-state index contributed by atoms with van der Waals surface area (Å²) in [5, 5.41) is 7.35. The molecule has 1 aromatic carbocycles. The molecular weight excluding hydrogens is 472 g/mol. The van der Waals surface area contributed by atoms with Crippen molar-refractivity contribution in [3.8, 4) is 10.7 Å². The van der Waals surface area contributed by atoms with Crippen LogP contribution in [-0.4, -0.2) is 41.9 Å². The number of carbonyl (C=O) groups excluding carboxylic acids is 1. The number of piperidine rings is 1. The lowest BCUT2D eigenvalue weighted by atomic mass is 9.99. The summed E-state index contributed by atoms with van der Waals surface area (Å²) in [4.78, 5) is 18.4. The minimum Gasteiger partial charge on any atom is -0.352 e. The summed E-state index contributed by atoms with van der Waals surface area (Å²) >= 11 is 7.46. The van der Waals surface area contributed by atoms with Gasteiger partial charge in [-0.1, -0.05) is 35.0 Å². The minimum atomic E-state index is -3.76. The molecule has 11 heteroatoms. The largest absolute Gasteiger partial charge is 0.352 e. The zero-order chi connectivity index (χ0) is 22.9. The molecule has 1 fully saturated rings. The zero-order valence-corrected chi connectivity index (χ0v) is 20.1. The van der Waals surface area contributed by atoms with Gasteiger partial charge in [-0.3, -0.25) is 4.79 Å². The van der Waals surface area contributed by atoms with Gasteiger partial charge < -0.3 is 9.84 Å². The minimum absolute atomic E-state index is 0.141. The third-order valence-electron chi connectivity index (χ3n) is 5.40. The molecule has 8 nitrogen and oxygen atoms in total. The van der Waals surface area contributed by atoms with E-state index in [1.54, 1.807) is 26.0 Å². The number of hydrogen-bond donors (Lipinski definition) is 1. The zero-order valence-electron chi connectivity index (χ0n) is 17.7. The summed E-state index contributed by atoms with van der Waals surface area (Å²) in [5.41, 5.74) is 0.820. The first kappa shape index (κ1) is 22.9. The molecule has 4 rings (SSSR count). The number of nitrogens with one attached hydrogen (secondary N) is 1. The Morgan fingerprint density at radius 2 is 2.12 bits per heavy atom. The van der Waals surface area contributed by atoms with Crippen molar-refractivity contribution in [2.45, 2.75) is 38.1 Å². The van der Waals surface area contributed by atoms with Crippen LogP contribution in [0.5, 0.6) is 0 Å². The van der Waals surface area contributed by atoms with Gasteiger partial charge in [-0.05, 0) is 37.5 Å². The first-order chi connectivity index (χ1) is 15.3. The first-order valence-electron chi connectivity index (χ1n) is 10.2. The maximum absolute atomic E-state index is 13.4. The Hall–Kier alpha value is -2.27. The average Bonchev–Trinajstić information content (AvgIpc) is 3.39. The fourth-order valence-corrected chi connectivity index (χ4v) is 6.93. The van der Waals surface area contributed by atoms with Crippen LogP contribution in [0.15, 0.2) is 39.8 Å². The molecule has 0 saturated carbocycles. The second kappa shape index (κ2) is 9.30. The molecule has 1 N–H and O–H groups in total. The molecule has 3 heterocycles. The van der Waals surface area contributed by atoms with Crippen molar-refractivity contribution in [1.82, 2.24) is 19.8 Å². The fraction of sp³-hybridized carbons (Fsp3) is 0.381. The molecule has 170 valence electrons. The van der Waals surface area contributed by atoms with Crippen molar-refractivity contribution in [2.75, 3.05) is 13.1 Å². The number of thiophene rings is 1. The number of sulfonamides is 1. The van der Waals surface area contributed by atoms with Gasteiger partial charge in [0.1, 0.15) is 0 Å². The van der Waals surface area contributed by atoms with Crippen LogP contribution in [0.2, 0.25) is 5.02 Å². The first-order valence-corrected chi connectivity index (χ1v) is 12.8. The van der Waals surface area contributed by atoms with Gasteiger partial charge in [-0.2, -0.15) is 9.29 Å². The maximum Gasteiger partial charge on any atom is 0.244 e. The third kappa shape index (κ3) is 4.73. The molecule has 0 radical (unpaired) electrons. The second-order valence-corrected chi connectivity index (χ2v) is 11.2. The van der Waals surface area contributed by atoms with Crippen molar-refractivity contribution >= 4 is 38.9 Å². The Bertz CT molecular complexity index is 1240. The second-order valence-electron chi connectivity index (χ2n) is 7.68. The van der Waals surface area contributed by atoms with Crippen LogP contribution < -0.4 is 5.32 Å². The van der Waals surface area contributed by atoms with Crippen molar-refractivity contribution in [1.29, 1.82) is 0 Å². The summed E-state index contributed by atoms with van der Waals surface area (Å²) in [6.07, 6.45) is 1.25. The number of benzene rings is 1. The topological polar surface area (TPSA) is 105 Å². The van der Waals surface area contributed by atoms with Gasteiger partial charge in [-0.15, -0.1) is 11.3 Å². The van der Waals surface area contributed by atoms with E-state index in [4.69, 9.17) is 16.1 Å². The van der Waals surface area contributed by atoms with E-state index in [0.717, 1.165) is 5.56 Å². The van der Waals surface area contributed by atoms with E-state index in [-0.39, 0.29) is 17.3 Å². The molecule has 1 saturated heterocycles. The quantitative estimate of drug-likeness (QED) is 0.559. The molecule has 1 amide bonds. The molecule has 0 aliphatic carbocycles. The van der Waals surface area contributed by atoms with E-state index in [9.17, 15) is 13.2 Å². The highest BCUT2D eigenvalue weighted by Gasteiger charge is 2.35. The van der Waals surface area contributed by atoms with E-state index < -0.39 is 15.9 Å². The molecule has 32 heavy (non-hydrogen) atoms. The SMILES string of the molecule is Cc1nc(-c2cc(S(=O)(=O)N3CCCC(C(=O)NCc4ccccc4Cl)C3)c(C)s2)no1. The van der Waals surface area contributed by atoms with Gasteiger partial charge in [0.2, 0.25) is 27.6 Å². The lowest BCUT2D eigenvalue weighted by Crippen LogP contribution is -2.45. The summed E-state index contributed by atoms with van der Waals surface area (Å²) in [7, 11) is -3.76. The van der Waals surface area contributed by atoms with Crippen LogP contribution >= 0.6 is 22.9 Å². The number of nitrogens with zero attached hydrogens (tertiary/aromatic N) is 3. The molecule has 1 aliphatic rings. The highest BCUT2D eigenvalue weighted by atomic mass is 35.5. The third-order valence-corrected chi connectivity index (χ3v) is 8.94. The van der Waals surface area contributed by atoms with Gasteiger partial charge in [0.15, 0.2) is 0 Å². The Morgan fingerprint density at radius 3 is 2.84 bits per heavy atom. The van der Waals surface area contributed by atoms with Crippen LogP contribution in [0.4, 0.5) is 0 Å². The standard InChI is InChI=1S/C21H23ClN4O4S2/c1-13-19(10-18(31-13)20-24-14(2)30-25-20)32(28,29)26-9-5-7-16(12-26)21(27)23-11-15-6-3-4-8-17(15)22/h3-4,6,8,10,16H,5,7,9,11-12H2,1-2H3,(H,23,27). The lowest BCUT2D eigenvalue weighted by molar-refractivity contribution is -0.126. The normalized spacial score (nSPS) is 17.4. The smallest absolute Gasteiger partial charge is 0.244 e. The van der Waals surface area contributed by atoms with Crippen LogP contribution in [-0.2, 0) is 21.4 Å². The van der Waals surface area contributed by atoms with Crippen molar-refractivity contribution in [2.24, 2.45) is 5.92 Å². The number of aromatic nitrogens is 2. The number of hydrogen-bond acceptors (Lipinski definition) is 7. The van der Waals surface area contributed by atoms with E-state index in [1.165, 1.54) is 15.6 Å². The average molecular weight is 495 g/mol. The predicted octanol–water partition coefficient (Wildman–Crippen LogP) is 3.79. The van der Waals surface area contributed by atoms with Gasteiger partial charge in [0.25, 0.3) is 0 Å². The van der Waals surface area contributed by atoms with Crippen LogP contribution in [0, 0.1) is 19.8 Å². The maximum atomic E-state index is 13.4. The highest BCUT2D eigenvalue weighted by molar-refractivity contribution is 7.89. The molecule has 0 spiro atoms. The Balaban J connectivity index is 1.47. The molecule has 0 bridgehead atoms. The monoisotopic (exact) mass is 494 g/mol. The van der Waals surface area contributed by atoms with Crippen LogP contribution in [0.1, 0.15) is 29.2 Å². The fourth-order valence-electron chi connectivity index (χ4n) is 3.71. The Labute approximate surface area is 195 Å². The van der Waals surface area contributed by atoms with Crippen molar-refractivity contribution in [3.05, 3.63) is 51.7 Å². The van der Waals surface area contributed by atoms with Gasteiger partial charge in [-0.25, -0.2) is 8.42 Å². The molecule has 2 aromatic heterocycles. The van der Waals surface area contributed by atoms with Gasteiger partial charge in [0, 0.05) is 36.5 Å². The van der Waals surface area contributed by atoms with Crippen LogP contribution in [0.25, 0.3) is 10.7 Å². The van der Waals surface area contributed by atoms with E-state index >= 15 is 0 Å². The van der Waals surface area contributed by atoms with Crippen molar-refractivity contribution in [3.63, 3.8) is 0 Å². The van der Waals surface area contributed by atoms with Crippen LogP contribution in [0.3, 0.4) is 0 Å². The molecule has 1 atom stereocenters. The summed E-state index contributed by atoms with van der Waals surface area (Å²) in [5.74, 6) is 0.193. The molecular formula is C21H23ClN4O4S2. The highest BCUT2D eigenvalue weighted by Crippen LogP contribution is 2.35. The summed E-state index contributed by atoms with van der Waals surface area (Å²) in [6, 6.07) is 8.89. The number of amides is 1. The number of aryl methyl sites for hydroxylation is 2. The number of halogens is 1. The van der Waals surface area contributed by atoms with E-state index in [2.05, 4.69) is 15.5 Å². The van der Waals surface area contributed by atoms with Crippen molar-refractivity contribution < 1.29 is 17.7 Å². The summed E-state index contributed by atoms with van der Waals surface area (Å²) in [6.45, 7) is 4.26. The lowest BCUT2D eigenvalue weighted by Gasteiger charge is -2.31. The van der Waals surface area contributed by atoms with E-state index in [1.807, 2.05) is 18.2 Å². The Kier molecular flexibility index (Phi) is 6.66. The molecule has 1 unspecified atom stereocenters. The molecule has 1 aliphatic heterocycles. The number of rotatable bonds is 6. The van der Waals surface area contributed by atoms with Gasteiger partial charge >= 0.3 is 0 Å². The number of carbonyl (C=O) groups is 1. The molecule has 3 aromatic rings.